The predicted molar refractivity (Wildman–Crippen MR) is 129 cm³/mol. The summed E-state index contributed by atoms with van der Waals surface area (Å²) in [7, 11) is 0. The molecule has 0 spiro atoms. The van der Waals surface area contributed by atoms with Crippen molar-refractivity contribution in [1.82, 2.24) is 30.0 Å². The van der Waals surface area contributed by atoms with E-state index in [1.165, 1.54) is 34.3 Å². The minimum atomic E-state index is -4.86. The van der Waals surface area contributed by atoms with Gasteiger partial charge in [0.2, 0.25) is 0 Å². The number of benzene rings is 2. The van der Waals surface area contributed by atoms with Crippen LogP contribution in [0.1, 0.15) is 31.8 Å². The van der Waals surface area contributed by atoms with Crippen LogP contribution in [0.15, 0.2) is 60.9 Å². The van der Waals surface area contributed by atoms with Gasteiger partial charge in [0, 0.05) is 0 Å². The van der Waals surface area contributed by atoms with Crippen molar-refractivity contribution in [3.8, 4) is 32.5 Å². The molecule has 0 saturated carbocycles. The zero-order valence-electron chi connectivity index (χ0n) is 19.2. The van der Waals surface area contributed by atoms with Crippen LogP contribution in [0.4, 0.5) is 13.2 Å². The summed E-state index contributed by atoms with van der Waals surface area (Å²) in [5, 5.41) is 34.5. The van der Waals surface area contributed by atoms with E-state index in [4.69, 9.17) is 5.11 Å². The van der Waals surface area contributed by atoms with Crippen molar-refractivity contribution in [3.63, 3.8) is 0 Å². The fourth-order valence-electron chi connectivity index (χ4n) is 3.75. The summed E-state index contributed by atoms with van der Waals surface area (Å²) in [6.07, 6.45) is -1.73. The lowest BCUT2D eigenvalue weighted by Gasteiger charge is -2.11. The average Bonchev–Trinajstić information content (AvgIpc) is 3.63. The molecule has 0 saturated heterocycles. The summed E-state index contributed by atoms with van der Waals surface area (Å²) in [6.45, 7) is 1.69. The van der Waals surface area contributed by atoms with Crippen LogP contribution in [0, 0.1) is 6.92 Å². The Morgan fingerprint density at radius 3 is 1.76 bits per heavy atom. The van der Waals surface area contributed by atoms with E-state index < -0.39 is 29.2 Å². The van der Waals surface area contributed by atoms with Gasteiger partial charge in [-0.2, -0.15) is 13.2 Å². The molecule has 14 heteroatoms. The SMILES string of the molecule is Cc1cc(-n2cc(-c3ccc(-c4cn(-c5ccc(C(=O)O)c(C(F)(F)F)c5)nn4)s3)nn2)ccc1C(=O)O. The zero-order valence-corrected chi connectivity index (χ0v) is 20.0. The molecule has 3 heterocycles. The van der Waals surface area contributed by atoms with Crippen LogP contribution >= 0.6 is 11.3 Å². The van der Waals surface area contributed by atoms with E-state index >= 15 is 0 Å². The van der Waals surface area contributed by atoms with E-state index in [2.05, 4.69) is 20.6 Å². The van der Waals surface area contributed by atoms with Crippen molar-refractivity contribution in [2.45, 2.75) is 13.1 Å². The van der Waals surface area contributed by atoms with E-state index in [9.17, 15) is 27.9 Å². The fraction of sp³-hybridized carbons (Fsp3) is 0.0833. The van der Waals surface area contributed by atoms with Gasteiger partial charge in [0.25, 0.3) is 0 Å². The molecule has 0 atom stereocenters. The first-order chi connectivity index (χ1) is 18.0. The van der Waals surface area contributed by atoms with Gasteiger partial charge in [-0.3, -0.25) is 0 Å². The molecule has 2 N–H and O–H groups in total. The van der Waals surface area contributed by atoms with Crippen molar-refractivity contribution >= 4 is 23.3 Å². The van der Waals surface area contributed by atoms with Gasteiger partial charge in [0.1, 0.15) is 11.4 Å². The van der Waals surface area contributed by atoms with Crippen LogP contribution < -0.4 is 0 Å². The quantitative estimate of drug-likeness (QED) is 0.308. The smallest absolute Gasteiger partial charge is 0.417 e. The first-order valence-electron chi connectivity index (χ1n) is 10.8. The largest absolute Gasteiger partial charge is 0.478 e. The van der Waals surface area contributed by atoms with Gasteiger partial charge in [-0.05, 0) is 61.0 Å². The van der Waals surface area contributed by atoms with Gasteiger partial charge in [-0.1, -0.05) is 10.4 Å². The summed E-state index contributed by atoms with van der Waals surface area (Å²) in [4.78, 5) is 23.8. The topological polar surface area (TPSA) is 136 Å². The molecule has 5 rings (SSSR count). The number of aromatic nitrogens is 6. The van der Waals surface area contributed by atoms with Crippen molar-refractivity contribution in [3.05, 3.63) is 83.2 Å². The third-order valence-corrected chi connectivity index (χ3v) is 6.74. The molecule has 0 fully saturated rings. The van der Waals surface area contributed by atoms with Crippen LogP contribution in [-0.4, -0.2) is 52.1 Å². The molecule has 0 unspecified atom stereocenters. The fourth-order valence-corrected chi connectivity index (χ4v) is 4.65. The van der Waals surface area contributed by atoms with Gasteiger partial charge in [-0.15, -0.1) is 21.5 Å². The summed E-state index contributed by atoms with van der Waals surface area (Å²) in [5.41, 5.74) is 0.213. The van der Waals surface area contributed by atoms with Crippen molar-refractivity contribution in [2.24, 2.45) is 0 Å². The van der Waals surface area contributed by atoms with Gasteiger partial charge in [-0.25, -0.2) is 19.0 Å². The lowest BCUT2D eigenvalue weighted by atomic mass is 10.1. The van der Waals surface area contributed by atoms with Gasteiger partial charge in [0.05, 0.1) is 50.2 Å². The number of carboxylic acids is 2. The number of carbonyl (C=O) groups is 2. The van der Waals surface area contributed by atoms with E-state index in [0.717, 1.165) is 15.6 Å². The number of rotatable bonds is 6. The lowest BCUT2D eigenvalue weighted by molar-refractivity contribution is -0.138. The Morgan fingerprint density at radius 1 is 0.789 bits per heavy atom. The van der Waals surface area contributed by atoms with Crippen LogP contribution in [0.25, 0.3) is 32.5 Å². The number of halogens is 3. The summed E-state index contributed by atoms with van der Waals surface area (Å²) < 4.78 is 42.8. The van der Waals surface area contributed by atoms with Crippen LogP contribution in [0.5, 0.6) is 0 Å². The van der Waals surface area contributed by atoms with Crippen molar-refractivity contribution in [2.75, 3.05) is 0 Å². The minimum Gasteiger partial charge on any atom is -0.478 e. The Bertz CT molecular complexity index is 1710. The Labute approximate surface area is 215 Å². The Kier molecular flexibility index (Phi) is 6.03. The Morgan fingerprint density at radius 2 is 1.29 bits per heavy atom. The van der Waals surface area contributed by atoms with E-state index in [1.54, 1.807) is 37.4 Å². The van der Waals surface area contributed by atoms with Gasteiger partial charge >= 0.3 is 18.1 Å². The minimum absolute atomic E-state index is 0.00464. The average molecular weight is 540 g/mol. The van der Waals surface area contributed by atoms with Crippen LogP contribution in [0.2, 0.25) is 0 Å². The molecule has 0 aliphatic carbocycles. The molecule has 192 valence electrons. The summed E-state index contributed by atoms with van der Waals surface area (Å²) in [5.74, 6) is -2.70. The molecule has 2 aromatic carbocycles. The molecule has 0 amide bonds. The van der Waals surface area contributed by atoms with Crippen molar-refractivity contribution < 1.29 is 33.0 Å². The second-order valence-electron chi connectivity index (χ2n) is 8.10. The Balaban J connectivity index is 1.40. The van der Waals surface area contributed by atoms with E-state index in [0.29, 0.717) is 33.6 Å². The molecule has 0 aliphatic heterocycles. The standard InChI is InChI=1S/C24H15F3N6O4S/c1-12-8-13(2-4-15(12)22(34)35)32-10-18(28-30-32)20-6-7-21(38-20)19-11-33(31-29-19)14-3-5-16(23(36)37)17(9-14)24(25,26)27/h2-11H,1H3,(H,34,35)(H,36,37). The number of thiophene rings is 1. The summed E-state index contributed by atoms with van der Waals surface area (Å²) >= 11 is 1.31. The number of nitrogens with zero attached hydrogens (tertiary/aromatic N) is 6. The zero-order chi connectivity index (χ0) is 27.2. The number of alkyl halides is 3. The first-order valence-corrected chi connectivity index (χ1v) is 11.6. The number of aryl methyl sites for hydroxylation is 1. The highest BCUT2D eigenvalue weighted by Crippen LogP contribution is 2.35. The molecule has 0 radical (unpaired) electrons. The monoisotopic (exact) mass is 540 g/mol. The van der Waals surface area contributed by atoms with E-state index in [-0.39, 0.29) is 11.3 Å². The molecule has 0 aliphatic rings. The third-order valence-electron chi connectivity index (χ3n) is 5.61. The maximum Gasteiger partial charge on any atom is 0.417 e. The molecule has 0 bridgehead atoms. The third kappa shape index (κ3) is 4.64. The molecule has 38 heavy (non-hydrogen) atoms. The number of carboxylic acid groups (broad SMARTS) is 2. The van der Waals surface area contributed by atoms with Crippen LogP contribution in [0.3, 0.4) is 0 Å². The highest BCUT2D eigenvalue weighted by Gasteiger charge is 2.35. The van der Waals surface area contributed by atoms with Crippen LogP contribution in [-0.2, 0) is 6.18 Å². The highest BCUT2D eigenvalue weighted by atomic mass is 32.1. The number of hydrogen-bond acceptors (Lipinski definition) is 7. The second kappa shape index (κ2) is 9.23. The van der Waals surface area contributed by atoms with Gasteiger partial charge < -0.3 is 10.2 Å². The summed E-state index contributed by atoms with van der Waals surface area (Å²) in [6, 6.07) is 11.2. The first kappa shape index (κ1) is 24.8. The maximum absolute atomic E-state index is 13.4. The predicted octanol–water partition coefficient (Wildman–Crippen LogP) is 4.97. The Hall–Kier alpha value is -4.85. The van der Waals surface area contributed by atoms with E-state index in [1.807, 2.05) is 0 Å². The normalized spacial score (nSPS) is 11.6. The lowest BCUT2D eigenvalue weighted by Crippen LogP contribution is -2.14. The maximum atomic E-state index is 13.4. The number of hydrogen-bond donors (Lipinski definition) is 2. The second-order valence-corrected chi connectivity index (χ2v) is 9.18. The molecular formula is C24H15F3N6O4S. The molecule has 10 nitrogen and oxygen atoms in total. The van der Waals surface area contributed by atoms with Gasteiger partial charge in [0.15, 0.2) is 0 Å². The van der Waals surface area contributed by atoms with Crippen molar-refractivity contribution in [1.29, 1.82) is 0 Å². The molecular weight excluding hydrogens is 525 g/mol. The highest BCUT2D eigenvalue weighted by molar-refractivity contribution is 7.18. The molecule has 3 aromatic heterocycles. The number of aromatic carboxylic acids is 2. The molecule has 5 aromatic rings.